The molecule has 2 rings (SSSR count). The molecule has 0 aliphatic heterocycles. The fourth-order valence-corrected chi connectivity index (χ4v) is 2.63. The average molecular weight is 285 g/mol. The lowest BCUT2D eigenvalue weighted by molar-refractivity contribution is -0.133. The third-order valence-corrected chi connectivity index (χ3v) is 3.45. The number of nitrogens with one attached hydrogen (secondary N) is 1. The zero-order chi connectivity index (χ0) is 14.0. The van der Waals surface area contributed by atoms with E-state index in [1.54, 1.807) is 30.3 Å². The van der Waals surface area contributed by atoms with Crippen LogP contribution in [-0.2, 0) is 11.0 Å². The van der Waals surface area contributed by atoms with Crippen LogP contribution >= 0.6 is 11.3 Å². The Bertz CT molecular complexity index is 590. The van der Waals surface area contributed by atoms with Gasteiger partial charge in [0.15, 0.2) is 0 Å². The number of carbonyl (C=O) groups excluding carboxylic acids is 1. The van der Waals surface area contributed by atoms with Crippen molar-refractivity contribution < 1.29 is 18.0 Å². The Balaban J connectivity index is 2.60. The Morgan fingerprint density at radius 1 is 1.21 bits per heavy atom. The molecule has 0 unspecified atom stereocenters. The van der Waals surface area contributed by atoms with Gasteiger partial charge in [-0.3, -0.25) is 4.79 Å². The average Bonchev–Trinajstić information content (AvgIpc) is 2.72. The highest BCUT2D eigenvalue weighted by molar-refractivity contribution is 7.11. The van der Waals surface area contributed by atoms with Crippen molar-refractivity contribution in [2.24, 2.45) is 0 Å². The van der Waals surface area contributed by atoms with Crippen LogP contribution in [0.2, 0.25) is 0 Å². The Labute approximate surface area is 111 Å². The summed E-state index contributed by atoms with van der Waals surface area (Å²) in [6, 6.07) is 8.21. The Morgan fingerprint density at radius 2 is 1.84 bits per heavy atom. The normalized spacial score (nSPS) is 11.4. The molecule has 1 N–H and O–H groups in total. The SMILES string of the molecule is CC(=O)Nc1csc(C(F)(F)F)c1-c1ccccc1. The highest BCUT2D eigenvalue weighted by Crippen LogP contribution is 2.45. The molecule has 0 fully saturated rings. The van der Waals surface area contributed by atoms with Crippen molar-refractivity contribution in [2.45, 2.75) is 13.1 Å². The summed E-state index contributed by atoms with van der Waals surface area (Å²) in [5.41, 5.74) is 0.643. The first-order chi connectivity index (χ1) is 8.89. The van der Waals surface area contributed by atoms with Crippen molar-refractivity contribution in [3.05, 3.63) is 40.6 Å². The number of carbonyl (C=O) groups is 1. The number of amides is 1. The molecular weight excluding hydrogens is 275 g/mol. The number of rotatable bonds is 2. The smallest absolute Gasteiger partial charge is 0.325 e. The molecule has 0 aliphatic rings. The number of halogens is 3. The first-order valence-corrected chi connectivity index (χ1v) is 6.29. The van der Waals surface area contributed by atoms with Gasteiger partial charge in [0.2, 0.25) is 5.91 Å². The Kier molecular flexibility index (Phi) is 3.61. The zero-order valence-corrected chi connectivity index (χ0v) is 10.7. The van der Waals surface area contributed by atoms with Crippen molar-refractivity contribution in [1.29, 1.82) is 0 Å². The van der Waals surface area contributed by atoms with Gasteiger partial charge in [0, 0.05) is 17.9 Å². The van der Waals surface area contributed by atoms with Gasteiger partial charge in [-0.1, -0.05) is 30.3 Å². The van der Waals surface area contributed by atoms with Crippen LogP contribution in [0.5, 0.6) is 0 Å². The molecule has 0 saturated carbocycles. The highest BCUT2D eigenvalue weighted by atomic mass is 32.1. The van der Waals surface area contributed by atoms with Crippen molar-refractivity contribution in [3.8, 4) is 11.1 Å². The molecule has 1 heterocycles. The van der Waals surface area contributed by atoms with E-state index in [1.165, 1.54) is 12.3 Å². The monoisotopic (exact) mass is 285 g/mol. The molecule has 0 saturated heterocycles. The minimum Gasteiger partial charge on any atom is -0.325 e. The van der Waals surface area contributed by atoms with Crippen LogP contribution in [0, 0.1) is 0 Å². The Morgan fingerprint density at radius 3 is 2.37 bits per heavy atom. The van der Waals surface area contributed by atoms with Gasteiger partial charge in [0.1, 0.15) is 4.88 Å². The lowest BCUT2D eigenvalue weighted by Crippen LogP contribution is -2.08. The van der Waals surface area contributed by atoms with Gasteiger partial charge < -0.3 is 5.32 Å². The van der Waals surface area contributed by atoms with E-state index in [0.29, 0.717) is 16.9 Å². The predicted molar refractivity (Wildman–Crippen MR) is 69.1 cm³/mol. The maximum Gasteiger partial charge on any atom is 0.426 e. The van der Waals surface area contributed by atoms with E-state index in [2.05, 4.69) is 5.32 Å². The second-order valence-corrected chi connectivity index (χ2v) is 4.78. The van der Waals surface area contributed by atoms with Gasteiger partial charge >= 0.3 is 6.18 Å². The summed E-state index contributed by atoms with van der Waals surface area (Å²) in [4.78, 5) is 10.4. The molecule has 0 radical (unpaired) electrons. The van der Waals surface area contributed by atoms with Crippen LogP contribution in [0.4, 0.5) is 18.9 Å². The number of thiophene rings is 1. The van der Waals surface area contributed by atoms with E-state index >= 15 is 0 Å². The van der Waals surface area contributed by atoms with E-state index < -0.39 is 17.0 Å². The molecule has 2 nitrogen and oxygen atoms in total. The topological polar surface area (TPSA) is 29.1 Å². The minimum absolute atomic E-state index is 0.0216. The molecule has 1 aromatic carbocycles. The van der Waals surface area contributed by atoms with E-state index in [1.807, 2.05) is 0 Å². The quantitative estimate of drug-likeness (QED) is 0.871. The fraction of sp³-hybridized carbons (Fsp3) is 0.154. The van der Waals surface area contributed by atoms with Gasteiger partial charge in [-0.05, 0) is 5.56 Å². The van der Waals surface area contributed by atoms with Crippen LogP contribution in [0.15, 0.2) is 35.7 Å². The Hall–Kier alpha value is -1.82. The number of hydrogen-bond donors (Lipinski definition) is 1. The largest absolute Gasteiger partial charge is 0.426 e. The fourth-order valence-electron chi connectivity index (χ4n) is 1.74. The number of hydrogen-bond acceptors (Lipinski definition) is 2. The van der Waals surface area contributed by atoms with E-state index in [-0.39, 0.29) is 11.3 Å². The third-order valence-electron chi connectivity index (χ3n) is 2.42. The predicted octanol–water partition coefficient (Wildman–Crippen LogP) is 4.39. The summed E-state index contributed by atoms with van der Waals surface area (Å²) in [7, 11) is 0. The number of alkyl halides is 3. The van der Waals surface area contributed by atoms with Gasteiger partial charge in [-0.15, -0.1) is 11.3 Å². The van der Waals surface area contributed by atoms with Gasteiger partial charge in [0.05, 0.1) is 5.69 Å². The molecule has 1 amide bonds. The second kappa shape index (κ2) is 5.05. The third kappa shape index (κ3) is 2.96. The van der Waals surface area contributed by atoms with Crippen LogP contribution in [0.25, 0.3) is 11.1 Å². The number of benzene rings is 1. The summed E-state index contributed by atoms with van der Waals surface area (Å²) in [5, 5.41) is 3.75. The summed E-state index contributed by atoms with van der Waals surface area (Å²) in [6.45, 7) is 1.26. The molecular formula is C13H10F3NOS. The maximum absolute atomic E-state index is 13.0. The van der Waals surface area contributed by atoms with Gasteiger partial charge in [-0.25, -0.2) is 0 Å². The molecule has 0 aliphatic carbocycles. The first-order valence-electron chi connectivity index (χ1n) is 5.41. The van der Waals surface area contributed by atoms with Crippen LogP contribution in [-0.4, -0.2) is 5.91 Å². The molecule has 6 heteroatoms. The summed E-state index contributed by atoms with van der Waals surface area (Å²) in [5.74, 6) is -0.399. The first kappa shape index (κ1) is 13.6. The van der Waals surface area contributed by atoms with E-state index in [4.69, 9.17) is 0 Å². The summed E-state index contributed by atoms with van der Waals surface area (Å²) >= 11 is 0.580. The maximum atomic E-state index is 13.0. The van der Waals surface area contributed by atoms with Gasteiger partial charge in [0.25, 0.3) is 0 Å². The summed E-state index contributed by atoms with van der Waals surface area (Å²) in [6.07, 6.45) is -4.44. The van der Waals surface area contributed by atoms with Crippen molar-refractivity contribution in [3.63, 3.8) is 0 Å². The minimum atomic E-state index is -4.44. The van der Waals surface area contributed by atoms with Crippen LogP contribution in [0.1, 0.15) is 11.8 Å². The van der Waals surface area contributed by atoms with Gasteiger partial charge in [-0.2, -0.15) is 13.2 Å². The molecule has 100 valence electrons. The molecule has 0 spiro atoms. The standard InChI is InChI=1S/C13H10F3NOS/c1-8(18)17-10-7-19-12(13(14,15)16)11(10)9-5-3-2-4-6-9/h2-7H,1H3,(H,17,18). The molecule has 1 aromatic heterocycles. The van der Waals surface area contributed by atoms with Crippen LogP contribution < -0.4 is 5.32 Å². The molecule has 0 atom stereocenters. The van der Waals surface area contributed by atoms with Crippen LogP contribution in [0.3, 0.4) is 0 Å². The van der Waals surface area contributed by atoms with E-state index in [0.717, 1.165) is 0 Å². The molecule has 0 bridgehead atoms. The second-order valence-electron chi connectivity index (χ2n) is 3.90. The molecule has 2 aromatic rings. The zero-order valence-electron chi connectivity index (χ0n) is 9.91. The van der Waals surface area contributed by atoms with Crippen molar-refractivity contribution >= 4 is 22.9 Å². The highest BCUT2D eigenvalue weighted by Gasteiger charge is 2.37. The lowest BCUT2D eigenvalue weighted by Gasteiger charge is -2.10. The number of anilines is 1. The van der Waals surface area contributed by atoms with Crippen molar-refractivity contribution in [1.82, 2.24) is 0 Å². The summed E-state index contributed by atoms with van der Waals surface area (Å²) < 4.78 is 38.9. The molecule has 19 heavy (non-hydrogen) atoms. The van der Waals surface area contributed by atoms with E-state index in [9.17, 15) is 18.0 Å². The lowest BCUT2D eigenvalue weighted by atomic mass is 10.0. The van der Waals surface area contributed by atoms with Crippen molar-refractivity contribution in [2.75, 3.05) is 5.32 Å².